The van der Waals surface area contributed by atoms with Crippen molar-refractivity contribution in [1.82, 2.24) is 15.0 Å². The minimum Gasteiger partial charge on any atom is -0.446 e. The van der Waals surface area contributed by atoms with Gasteiger partial charge in [0.15, 0.2) is 5.65 Å². The molecule has 0 saturated heterocycles. The van der Waals surface area contributed by atoms with Crippen molar-refractivity contribution in [3.05, 3.63) is 52.4 Å². The zero-order valence-corrected chi connectivity index (χ0v) is 18.4. The monoisotopic (exact) mass is 426 g/mol. The zero-order valence-electron chi connectivity index (χ0n) is 17.6. The molecule has 1 unspecified atom stereocenters. The van der Waals surface area contributed by atoms with Crippen LogP contribution in [0.3, 0.4) is 0 Å². The van der Waals surface area contributed by atoms with Crippen molar-refractivity contribution in [3.8, 4) is 0 Å². The molecule has 3 heterocycles. The molecule has 6 nitrogen and oxygen atoms in total. The number of aromatic nitrogens is 3. The minimum atomic E-state index is -0.218. The molecule has 7 heteroatoms. The average Bonchev–Trinajstić information content (AvgIpc) is 3.49. The summed E-state index contributed by atoms with van der Waals surface area (Å²) in [6, 6.07) is 8.12. The summed E-state index contributed by atoms with van der Waals surface area (Å²) in [5.41, 5.74) is 4.80. The van der Waals surface area contributed by atoms with Gasteiger partial charge in [0, 0.05) is 18.7 Å². The molecular weight excluding hydrogens is 400 g/mol. The molecule has 3 aromatic rings. The van der Waals surface area contributed by atoms with Crippen LogP contribution in [0.1, 0.15) is 62.9 Å². The molecule has 0 bridgehead atoms. The van der Waals surface area contributed by atoms with Crippen molar-refractivity contribution < 1.29 is 9.53 Å². The Morgan fingerprint density at radius 1 is 1.30 bits per heavy atom. The standard InChI is InChI=1S/C21H21ClN4O2.C2H6/c1-12(19-24-17-10-15(22)11-23-20(17)25-19)13-4-7-18-14(9-13)3-2-8-26(18)21(27)28-16-5-6-16;1-2/h4,7,9-12,16H,2-3,5-6,8H2,1H3,(H,23,24,25);1-2H3. The van der Waals surface area contributed by atoms with Gasteiger partial charge >= 0.3 is 6.09 Å². The number of imidazole rings is 1. The van der Waals surface area contributed by atoms with Gasteiger partial charge < -0.3 is 9.72 Å². The van der Waals surface area contributed by atoms with Gasteiger partial charge in [0.25, 0.3) is 0 Å². The number of carbonyl (C=O) groups is 1. The molecule has 1 aliphatic carbocycles. The number of benzene rings is 1. The van der Waals surface area contributed by atoms with Gasteiger partial charge in [-0.2, -0.15) is 0 Å². The number of nitrogens with zero attached hydrogens (tertiary/aromatic N) is 3. The van der Waals surface area contributed by atoms with Crippen LogP contribution < -0.4 is 4.90 Å². The van der Waals surface area contributed by atoms with Crippen molar-refractivity contribution >= 4 is 34.5 Å². The number of nitrogens with one attached hydrogen (secondary N) is 1. The predicted molar refractivity (Wildman–Crippen MR) is 119 cm³/mol. The molecule has 1 amide bonds. The van der Waals surface area contributed by atoms with Gasteiger partial charge in [0.2, 0.25) is 0 Å². The van der Waals surface area contributed by atoms with E-state index >= 15 is 0 Å². The van der Waals surface area contributed by atoms with Crippen molar-refractivity contribution in [2.75, 3.05) is 11.4 Å². The molecule has 30 heavy (non-hydrogen) atoms. The van der Waals surface area contributed by atoms with E-state index in [1.54, 1.807) is 11.1 Å². The summed E-state index contributed by atoms with van der Waals surface area (Å²) in [6.07, 6.45) is 5.38. The molecule has 158 valence electrons. The molecule has 0 radical (unpaired) electrons. The first-order valence-corrected chi connectivity index (χ1v) is 11.1. The highest BCUT2D eigenvalue weighted by molar-refractivity contribution is 6.31. The number of ether oxygens (including phenoxy) is 1. The van der Waals surface area contributed by atoms with Crippen molar-refractivity contribution in [2.45, 2.75) is 58.5 Å². The van der Waals surface area contributed by atoms with Gasteiger partial charge in [-0.3, -0.25) is 4.90 Å². The summed E-state index contributed by atoms with van der Waals surface area (Å²) in [4.78, 5) is 26.4. The largest absolute Gasteiger partial charge is 0.446 e. The molecule has 2 aromatic heterocycles. The number of aryl methyl sites for hydroxylation is 1. The molecule has 1 saturated carbocycles. The van der Waals surface area contributed by atoms with Gasteiger partial charge in [-0.05, 0) is 48.9 Å². The number of carbonyl (C=O) groups excluding carboxylic acids is 1. The van der Waals surface area contributed by atoms with Crippen LogP contribution in [0.2, 0.25) is 5.02 Å². The lowest BCUT2D eigenvalue weighted by Gasteiger charge is -2.29. The fourth-order valence-corrected chi connectivity index (χ4v) is 3.88. The Labute approximate surface area is 181 Å². The summed E-state index contributed by atoms with van der Waals surface area (Å²) in [5, 5.41) is 0.585. The Morgan fingerprint density at radius 2 is 2.10 bits per heavy atom. The number of aromatic amines is 1. The molecule has 5 rings (SSSR count). The summed E-state index contributed by atoms with van der Waals surface area (Å²) < 4.78 is 5.50. The lowest BCUT2D eigenvalue weighted by atomic mass is 9.93. The number of rotatable bonds is 3. The second kappa shape index (κ2) is 8.64. The van der Waals surface area contributed by atoms with E-state index in [0.717, 1.165) is 48.3 Å². The van der Waals surface area contributed by atoms with E-state index in [1.165, 1.54) is 5.56 Å². The van der Waals surface area contributed by atoms with Gasteiger partial charge in [-0.15, -0.1) is 0 Å². The number of halogens is 1. The first kappa shape index (κ1) is 20.7. The fraction of sp³-hybridized carbons (Fsp3) is 0.435. The van der Waals surface area contributed by atoms with Crippen LogP contribution >= 0.6 is 11.6 Å². The third-order valence-electron chi connectivity index (χ3n) is 5.47. The molecule has 1 atom stereocenters. The van der Waals surface area contributed by atoms with Crippen molar-refractivity contribution in [1.29, 1.82) is 0 Å². The van der Waals surface area contributed by atoms with Gasteiger partial charge in [0.1, 0.15) is 11.9 Å². The zero-order chi connectivity index (χ0) is 21.3. The minimum absolute atomic E-state index is 0.0760. The maximum Gasteiger partial charge on any atom is 0.414 e. The van der Waals surface area contributed by atoms with Crippen LogP contribution in [0, 0.1) is 0 Å². The number of fused-ring (bicyclic) bond motifs is 2. The summed E-state index contributed by atoms with van der Waals surface area (Å²) >= 11 is 6.03. The van der Waals surface area contributed by atoms with Crippen LogP contribution in [-0.4, -0.2) is 33.7 Å². The van der Waals surface area contributed by atoms with Crippen LogP contribution in [-0.2, 0) is 11.2 Å². The quantitative estimate of drug-likeness (QED) is 0.571. The van der Waals surface area contributed by atoms with Crippen LogP contribution in [0.15, 0.2) is 30.5 Å². The third-order valence-corrected chi connectivity index (χ3v) is 5.67. The smallest absolute Gasteiger partial charge is 0.414 e. The molecule has 1 aromatic carbocycles. The number of hydrogen-bond donors (Lipinski definition) is 1. The maximum atomic E-state index is 12.4. The van der Waals surface area contributed by atoms with Crippen molar-refractivity contribution in [2.24, 2.45) is 0 Å². The summed E-state index contributed by atoms with van der Waals surface area (Å²) in [7, 11) is 0. The van der Waals surface area contributed by atoms with E-state index in [9.17, 15) is 4.79 Å². The summed E-state index contributed by atoms with van der Waals surface area (Å²) in [5.74, 6) is 0.928. The second-order valence-electron chi connectivity index (χ2n) is 7.59. The fourth-order valence-electron chi connectivity index (χ4n) is 3.72. The van der Waals surface area contributed by atoms with E-state index in [-0.39, 0.29) is 18.1 Å². The number of pyridine rings is 1. The van der Waals surface area contributed by atoms with Gasteiger partial charge in [-0.25, -0.2) is 14.8 Å². The Morgan fingerprint density at radius 3 is 2.87 bits per heavy atom. The van der Waals surface area contributed by atoms with E-state index in [0.29, 0.717) is 17.2 Å². The van der Waals surface area contributed by atoms with E-state index in [2.05, 4.69) is 34.0 Å². The van der Waals surface area contributed by atoms with Crippen LogP contribution in [0.4, 0.5) is 10.5 Å². The Hall–Kier alpha value is -2.60. The van der Waals surface area contributed by atoms with Gasteiger partial charge in [-0.1, -0.05) is 44.5 Å². The first-order chi connectivity index (χ1) is 14.6. The Balaban J connectivity index is 0.00000106. The van der Waals surface area contributed by atoms with Crippen LogP contribution in [0.5, 0.6) is 0 Å². The Bertz CT molecular complexity index is 1060. The van der Waals surface area contributed by atoms with Gasteiger partial charge in [0.05, 0.1) is 16.2 Å². The molecular formula is C23H27ClN4O2. The highest BCUT2D eigenvalue weighted by atomic mass is 35.5. The number of H-pyrrole nitrogens is 1. The molecule has 0 spiro atoms. The lowest BCUT2D eigenvalue weighted by Crippen LogP contribution is -2.36. The second-order valence-corrected chi connectivity index (χ2v) is 8.03. The lowest BCUT2D eigenvalue weighted by molar-refractivity contribution is 0.146. The maximum absolute atomic E-state index is 12.4. The average molecular weight is 427 g/mol. The summed E-state index contributed by atoms with van der Waals surface area (Å²) in [6.45, 7) is 6.83. The molecule has 1 fully saturated rings. The third kappa shape index (κ3) is 4.15. The molecule has 1 aliphatic heterocycles. The normalized spacial score (nSPS) is 16.5. The Kier molecular flexibility index (Phi) is 5.95. The SMILES string of the molecule is CC.CC(c1ccc2c(c1)CCCN2C(=O)OC1CC1)c1nc2ncc(Cl)cc2[nH]1. The van der Waals surface area contributed by atoms with E-state index < -0.39 is 0 Å². The van der Waals surface area contributed by atoms with E-state index in [4.69, 9.17) is 16.3 Å². The number of hydrogen-bond acceptors (Lipinski definition) is 4. The molecule has 2 aliphatic rings. The molecule has 1 N–H and O–H groups in total. The highest BCUT2D eigenvalue weighted by Crippen LogP contribution is 2.34. The topological polar surface area (TPSA) is 71.1 Å². The number of anilines is 1. The highest BCUT2D eigenvalue weighted by Gasteiger charge is 2.31. The van der Waals surface area contributed by atoms with Crippen molar-refractivity contribution in [3.63, 3.8) is 0 Å². The van der Waals surface area contributed by atoms with E-state index in [1.807, 2.05) is 26.0 Å². The predicted octanol–water partition coefficient (Wildman–Crippen LogP) is 5.84. The van der Waals surface area contributed by atoms with Crippen LogP contribution in [0.25, 0.3) is 11.2 Å². The first-order valence-electron chi connectivity index (χ1n) is 10.7. The number of amides is 1.